The van der Waals surface area contributed by atoms with Gasteiger partial charge in [0.1, 0.15) is 0 Å². The molecule has 0 unspecified atom stereocenters. The molecular formula is C12H22N2O. The molecule has 0 aliphatic rings. The van der Waals surface area contributed by atoms with E-state index >= 15 is 0 Å². The first-order valence-corrected chi connectivity index (χ1v) is 5.62. The predicted octanol–water partition coefficient (Wildman–Crippen LogP) is 2.10. The van der Waals surface area contributed by atoms with E-state index in [4.69, 9.17) is 4.42 Å². The van der Waals surface area contributed by atoms with Gasteiger partial charge in [0.05, 0.1) is 12.5 Å². The summed E-state index contributed by atoms with van der Waals surface area (Å²) in [5.41, 5.74) is 1.22. The van der Waals surface area contributed by atoms with E-state index in [1.165, 1.54) is 12.0 Å². The molecule has 1 heterocycles. The molecule has 0 fully saturated rings. The van der Waals surface area contributed by atoms with Gasteiger partial charge in [0.25, 0.3) is 0 Å². The topological polar surface area (TPSA) is 28.4 Å². The van der Waals surface area contributed by atoms with Gasteiger partial charge in [-0.25, -0.2) is 0 Å². The predicted molar refractivity (Wildman–Crippen MR) is 62.8 cm³/mol. The molecule has 86 valence electrons. The number of hydrogen-bond acceptors (Lipinski definition) is 3. The van der Waals surface area contributed by atoms with Crippen LogP contribution < -0.4 is 5.32 Å². The second-order valence-electron chi connectivity index (χ2n) is 4.24. The van der Waals surface area contributed by atoms with Crippen molar-refractivity contribution >= 4 is 0 Å². The standard InChI is InChI=1S/C12H22N2O/c1-11(2)14(3)7-4-6-13-9-12-5-8-15-10-12/h5,8,10-11,13H,4,6-7,9H2,1-3H3. The average molecular weight is 210 g/mol. The number of nitrogens with zero attached hydrogens (tertiary/aromatic N) is 1. The first-order chi connectivity index (χ1) is 7.20. The molecule has 1 rings (SSSR count). The van der Waals surface area contributed by atoms with Crippen LogP contribution >= 0.6 is 0 Å². The molecule has 0 radical (unpaired) electrons. The van der Waals surface area contributed by atoms with E-state index in [1.54, 1.807) is 12.5 Å². The fraction of sp³-hybridized carbons (Fsp3) is 0.667. The van der Waals surface area contributed by atoms with E-state index in [0.717, 1.165) is 19.6 Å². The minimum Gasteiger partial charge on any atom is -0.472 e. The zero-order valence-electron chi connectivity index (χ0n) is 9.99. The third-order valence-electron chi connectivity index (χ3n) is 2.66. The highest BCUT2D eigenvalue weighted by atomic mass is 16.3. The zero-order valence-corrected chi connectivity index (χ0v) is 9.99. The van der Waals surface area contributed by atoms with E-state index in [0.29, 0.717) is 6.04 Å². The SMILES string of the molecule is CC(C)N(C)CCCNCc1ccoc1. The van der Waals surface area contributed by atoms with E-state index in [1.807, 2.05) is 6.07 Å². The van der Waals surface area contributed by atoms with Crippen LogP contribution in [0.25, 0.3) is 0 Å². The van der Waals surface area contributed by atoms with Gasteiger partial charge in [0.2, 0.25) is 0 Å². The molecule has 1 N–H and O–H groups in total. The van der Waals surface area contributed by atoms with Crippen LogP contribution in [0.2, 0.25) is 0 Å². The second kappa shape index (κ2) is 6.64. The van der Waals surface area contributed by atoms with Crippen molar-refractivity contribution in [3.63, 3.8) is 0 Å². The van der Waals surface area contributed by atoms with Gasteiger partial charge >= 0.3 is 0 Å². The van der Waals surface area contributed by atoms with Gasteiger partial charge in [0, 0.05) is 18.2 Å². The summed E-state index contributed by atoms with van der Waals surface area (Å²) in [5.74, 6) is 0. The minimum absolute atomic E-state index is 0.638. The van der Waals surface area contributed by atoms with Gasteiger partial charge < -0.3 is 14.6 Å². The first-order valence-electron chi connectivity index (χ1n) is 5.62. The Bertz CT molecular complexity index is 244. The van der Waals surface area contributed by atoms with Gasteiger partial charge in [-0.05, 0) is 46.5 Å². The normalized spacial score (nSPS) is 11.5. The minimum atomic E-state index is 0.638. The summed E-state index contributed by atoms with van der Waals surface area (Å²) < 4.78 is 4.99. The lowest BCUT2D eigenvalue weighted by Crippen LogP contribution is -2.29. The molecule has 0 aliphatic carbocycles. The summed E-state index contributed by atoms with van der Waals surface area (Å²) in [6.07, 6.45) is 4.68. The molecule has 15 heavy (non-hydrogen) atoms. The lowest BCUT2D eigenvalue weighted by molar-refractivity contribution is 0.269. The lowest BCUT2D eigenvalue weighted by atomic mass is 10.3. The van der Waals surface area contributed by atoms with Crippen LogP contribution in [0.4, 0.5) is 0 Å². The Hall–Kier alpha value is -0.800. The summed E-state index contributed by atoms with van der Waals surface area (Å²) in [5, 5.41) is 3.40. The van der Waals surface area contributed by atoms with Crippen LogP contribution in [0.15, 0.2) is 23.0 Å². The van der Waals surface area contributed by atoms with E-state index in [-0.39, 0.29) is 0 Å². The number of nitrogens with one attached hydrogen (secondary N) is 1. The van der Waals surface area contributed by atoms with Crippen LogP contribution in [-0.2, 0) is 6.54 Å². The zero-order chi connectivity index (χ0) is 11.1. The molecule has 1 aromatic heterocycles. The summed E-state index contributed by atoms with van der Waals surface area (Å²) in [6, 6.07) is 2.63. The highest BCUT2D eigenvalue weighted by Crippen LogP contribution is 1.99. The summed E-state index contributed by atoms with van der Waals surface area (Å²) in [7, 11) is 2.17. The Labute approximate surface area is 92.5 Å². The molecule has 0 atom stereocenters. The molecule has 0 saturated heterocycles. The molecular weight excluding hydrogens is 188 g/mol. The molecule has 3 heteroatoms. The third kappa shape index (κ3) is 5.00. The molecule has 0 aliphatic heterocycles. The Kier molecular flexibility index (Phi) is 5.43. The quantitative estimate of drug-likeness (QED) is 0.699. The Morgan fingerprint density at radius 1 is 1.47 bits per heavy atom. The van der Waals surface area contributed by atoms with Crippen LogP contribution in [0.1, 0.15) is 25.8 Å². The maximum Gasteiger partial charge on any atom is 0.0947 e. The lowest BCUT2D eigenvalue weighted by Gasteiger charge is -2.20. The first kappa shape index (κ1) is 12.3. The van der Waals surface area contributed by atoms with Crippen molar-refractivity contribution < 1.29 is 4.42 Å². The van der Waals surface area contributed by atoms with E-state index < -0.39 is 0 Å². The second-order valence-corrected chi connectivity index (χ2v) is 4.24. The van der Waals surface area contributed by atoms with Gasteiger partial charge in [-0.1, -0.05) is 0 Å². The summed E-state index contributed by atoms with van der Waals surface area (Å²) >= 11 is 0. The van der Waals surface area contributed by atoms with Gasteiger partial charge in [-0.15, -0.1) is 0 Å². The highest BCUT2D eigenvalue weighted by molar-refractivity contribution is 5.04. The Morgan fingerprint density at radius 2 is 2.27 bits per heavy atom. The summed E-state index contributed by atoms with van der Waals surface area (Å²) in [6.45, 7) is 7.55. The average Bonchev–Trinajstić information content (AvgIpc) is 2.69. The van der Waals surface area contributed by atoms with Crippen molar-refractivity contribution in [3.05, 3.63) is 24.2 Å². The maximum atomic E-state index is 4.99. The van der Waals surface area contributed by atoms with Gasteiger partial charge in [0.15, 0.2) is 0 Å². The Morgan fingerprint density at radius 3 is 2.87 bits per heavy atom. The monoisotopic (exact) mass is 210 g/mol. The third-order valence-corrected chi connectivity index (χ3v) is 2.66. The van der Waals surface area contributed by atoms with Crippen molar-refractivity contribution in [1.82, 2.24) is 10.2 Å². The fourth-order valence-electron chi connectivity index (χ4n) is 1.34. The highest BCUT2D eigenvalue weighted by Gasteiger charge is 2.01. The van der Waals surface area contributed by atoms with Crippen LogP contribution in [0.5, 0.6) is 0 Å². The van der Waals surface area contributed by atoms with Crippen molar-refractivity contribution in [2.24, 2.45) is 0 Å². The molecule has 0 bridgehead atoms. The Balaban J connectivity index is 1.98. The number of furan rings is 1. The molecule has 0 amide bonds. The van der Waals surface area contributed by atoms with Crippen LogP contribution in [-0.4, -0.2) is 31.1 Å². The molecule has 3 nitrogen and oxygen atoms in total. The van der Waals surface area contributed by atoms with Crippen molar-refractivity contribution in [3.8, 4) is 0 Å². The van der Waals surface area contributed by atoms with E-state index in [2.05, 4.69) is 31.1 Å². The molecule has 0 saturated carbocycles. The summed E-state index contributed by atoms with van der Waals surface area (Å²) in [4.78, 5) is 2.36. The molecule has 0 aromatic carbocycles. The van der Waals surface area contributed by atoms with Gasteiger partial charge in [-0.3, -0.25) is 0 Å². The smallest absolute Gasteiger partial charge is 0.0947 e. The van der Waals surface area contributed by atoms with E-state index in [9.17, 15) is 0 Å². The maximum absolute atomic E-state index is 4.99. The van der Waals surface area contributed by atoms with Crippen molar-refractivity contribution in [2.45, 2.75) is 32.9 Å². The van der Waals surface area contributed by atoms with Crippen molar-refractivity contribution in [2.75, 3.05) is 20.1 Å². The largest absolute Gasteiger partial charge is 0.472 e. The van der Waals surface area contributed by atoms with Crippen LogP contribution in [0.3, 0.4) is 0 Å². The number of rotatable bonds is 7. The fourth-order valence-corrected chi connectivity index (χ4v) is 1.34. The van der Waals surface area contributed by atoms with Crippen LogP contribution in [0, 0.1) is 0 Å². The van der Waals surface area contributed by atoms with Gasteiger partial charge in [-0.2, -0.15) is 0 Å². The molecule has 1 aromatic rings. The molecule has 0 spiro atoms. The van der Waals surface area contributed by atoms with Crippen molar-refractivity contribution in [1.29, 1.82) is 0 Å². The number of hydrogen-bond donors (Lipinski definition) is 1.